The zero-order valence-corrected chi connectivity index (χ0v) is 8.39. The molecule has 0 aromatic heterocycles. The lowest BCUT2D eigenvalue weighted by Gasteiger charge is -2.07. The van der Waals surface area contributed by atoms with Crippen LogP contribution in [0.25, 0.3) is 0 Å². The second-order valence-corrected chi connectivity index (χ2v) is 3.85. The maximum Gasteiger partial charge on any atom is 0.296 e. The molecule has 1 heterocycles. The number of benzene rings is 1. The molecule has 1 aliphatic heterocycles. The van der Waals surface area contributed by atoms with Crippen LogP contribution in [0.5, 0.6) is 0 Å². The van der Waals surface area contributed by atoms with Crippen LogP contribution in [0, 0.1) is 10.1 Å². The minimum absolute atomic E-state index is 0.0477. The molecule has 0 aliphatic carbocycles. The van der Waals surface area contributed by atoms with Crippen molar-refractivity contribution in [2.75, 3.05) is 5.73 Å². The molecule has 0 amide bonds. The summed E-state index contributed by atoms with van der Waals surface area (Å²) in [6.45, 7) is 3.55. The SMILES string of the molecule is CC1(C)N=c2c(N)ccc([N+](=O)[O-])c2=N1. The summed E-state index contributed by atoms with van der Waals surface area (Å²) < 4.78 is 0. The van der Waals surface area contributed by atoms with Crippen LogP contribution in [-0.2, 0) is 0 Å². The molecule has 15 heavy (non-hydrogen) atoms. The van der Waals surface area contributed by atoms with Crippen LogP contribution in [0.3, 0.4) is 0 Å². The first-order valence-electron chi connectivity index (χ1n) is 4.43. The molecule has 6 nitrogen and oxygen atoms in total. The fourth-order valence-corrected chi connectivity index (χ4v) is 1.53. The zero-order valence-electron chi connectivity index (χ0n) is 8.39. The van der Waals surface area contributed by atoms with E-state index in [1.165, 1.54) is 12.1 Å². The molecule has 0 atom stereocenters. The summed E-state index contributed by atoms with van der Waals surface area (Å²) in [5.41, 5.74) is 5.40. The number of hydrogen-bond acceptors (Lipinski definition) is 5. The van der Waals surface area contributed by atoms with Crippen LogP contribution in [0.15, 0.2) is 22.1 Å². The second-order valence-electron chi connectivity index (χ2n) is 3.85. The maximum atomic E-state index is 10.7. The van der Waals surface area contributed by atoms with E-state index in [0.717, 1.165) is 0 Å². The second kappa shape index (κ2) is 2.75. The Labute approximate surface area is 85.3 Å². The lowest BCUT2D eigenvalue weighted by atomic mass is 10.2. The van der Waals surface area contributed by atoms with Gasteiger partial charge in [-0.2, -0.15) is 0 Å². The van der Waals surface area contributed by atoms with Gasteiger partial charge >= 0.3 is 0 Å². The van der Waals surface area contributed by atoms with E-state index in [4.69, 9.17) is 5.73 Å². The number of hydrogen-bond donors (Lipinski definition) is 1. The third-order valence-corrected chi connectivity index (χ3v) is 2.13. The van der Waals surface area contributed by atoms with Gasteiger partial charge in [0.15, 0.2) is 5.36 Å². The smallest absolute Gasteiger partial charge is 0.296 e. The van der Waals surface area contributed by atoms with Crippen molar-refractivity contribution in [3.63, 3.8) is 0 Å². The minimum atomic E-state index is -0.664. The molecule has 1 aromatic carbocycles. The third kappa shape index (κ3) is 1.43. The predicted molar refractivity (Wildman–Crippen MR) is 53.9 cm³/mol. The number of nitrogens with zero attached hydrogens (tertiary/aromatic N) is 3. The van der Waals surface area contributed by atoms with Gasteiger partial charge in [0.2, 0.25) is 0 Å². The summed E-state index contributed by atoms with van der Waals surface area (Å²) in [4.78, 5) is 18.7. The Morgan fingerprint density at radius 2 is 1.93 bits per heavy atom. The lowest BCUT2D eigenvalue weighted by molar-refractivity contribution is -0.386. The Balaban J connectivity index is 2.89. The number of nitrogens with two attached hydrogens (primary N) is 1. The molecule has 0 radical (unpaired) electrons. The van der Waals surface area contributed by atoms with Crippen LogP contribution in [0.1, 0.15) is 13.8 Å². The minimum Gasteiger partial charge on any atom is -0.397 e. The van der Waals surface area contributed by atoms with E-state index in [2.05, 4.69) is 9.98 Å². The lowest BCUT2D eigenvalue weighted by Crippen LogP contribution is -2.27. The Morgan fingerprint density at radius 3 is 2.53 bits per heavy atom. The van der Waals surface area contributed by atoms with Crippen molar-refractivity contribution in [1.82, 2.24) is 0 Å². The van der Waals surface area contributed by atoms with Crippen molar-refractivity contribution in [2.45, 2.75) is 19.5 Å². The van der Waals surface area contributed by atoms with Gasteiger partial charge in [-0.05, 0) is 19.9 Å². The average Bonchev–Trinajstić information content (AvgIpc) is 2.41. The highest BCUT2D eigenvalue weighted by atomic mass is 16.6. The first kappa shape index (κ1) is 9.57. The zero-order chi connectivity index (χ0) is 11.2. The molecule has 2 N–H and O–H groups in total. The van der Waals surface area contributed by atoms with Crippen LogP contribution in [-0.4, -0.2) is 10.6 Å². The Kier molecular flexibility index (Phi) is 1.76. The van der Waals surface area contributed by atoms with Crippen molar-refractivity contribution in [2.24, 2.45) is 9.98 Å². The third-order valence-electron chi connectivity index (χ3n) is 2.13. The predicted octanol–water partition coefficient (Wildman–Crippen LogP) is 0.166. The highest BCUT2D eigenvalue weighted by molar-refractivity contribution is 5.45. The van der Waals surface area contributed by atoms with Gasteiger partial charge in [-0.15, -0.1) is 0 Å². The monoisotopic (exact) mass is 206 g/mol. The first-order chi connectivity index (χ1) is 6.91. The normalized spacial score (nSPS) is 16.4. The number of rotatable bonds is 1. The van der Waals surface area contributed by atoms with Crippen molar-refractivity contribution < 1.29 is 4.92 Å². The fourth-order valence-electron chi connectivity index (χ4n) is 1.53. The molecule has 0 saturated carbocycles. The number of nitrogen functional groups attached to an aromatic ring is 1. The summed E-state index contributed by atoms with van der Waals surface area (Å²) in [5.74, 6) is 0. The first-order valence-corrected chi connectivity index (χ1v) is 4.43. The topological polar surface area (TPSA) is 93.9 Å². The summed E-state index contributed by atoms with van der Waals surface area (Å²) in [6.07, 6.45) is 0. The Morgan fingerprint density at radius 1 is 1.33 bits per heavy atom. The van der Waals surface area contributed by atoms with E-state index in [-0.39, 0.29) is 11.0 Å². The van der Waals surface area contributed by atoms with Gasteiger partial charge in [0.25, 0.3) is 5.69 Å². The summed E-state index contributed by atoms with van der Waals surface area (Å²) >= 11 is 0. The van der Waals surface area contributed by atoms with Gasteiger partial charge in [-0.25, -0.2) is 4.99 Å². The summed E-state index contributed by atoms with van der Waals surface area (Å²) in [7, 11) is 0. The average molecular weight is 206 g/mol. The van der Waals surface area contributed by atoms with Gasteiger partial charge in [0.05, 0.1) is 10.6 Å². The van der Waals surface area contributed by atoms with Gasteiger partial charge in [-0.1, -0.05) is 0 Å². The molecule has 0 spiro atoms. The highest BCUT2D eigenvalue weighted by Gasteiger charge is 2.24. The van der Waals surface area contributed by atoms with E-state index in [1.807, 2.05) is 0 Å². The summed E-state index contributed by atoms with van der Waals surface area (Å²) in [6, 6.07) is 2.84. The largest absolute Gasteiger partial charge is 0.397 e. The summed E-state index contributed by atoms with van der Waals surface area (Å²) in [5, 5.41) is 11.5. The molecule has 2 rings (SSSR count). The van der Waals surface area contributed by atoms with Gasteiger partial charge in [0, 0.05) is 6.07 Å². The fraction of sp³-hybridized carbons (Fsp3) is 0.333. The van der Waals surface area contributed by atoms with E-state index >= 15 is 0 Å². The molecule has 0 fully saturated rings. The van der Waals surface area contributed by atoms with E-state index in [0.29, 0.717) is 11.0 Å². The molecule has 1 aromatic rings. The molecule has 78 valence electrons. The van der Waals surface area contributed by atoms with E-state index in [9.17, 15) is 10.1 Å². The number of fused-ring (bicyclic) bond motifs is 1. The quantitative estimate of drug-likeness (QED) is 0.403. The maximum absolute atomic E-state index is 10.7. The van der Waals surface area contributed by atoms with Crippen molar-refractivity contribution >= 4 is 11.4 Å². The standard InChI is InChI=1S/C9H10N4O2/c1-9(2)11-7-5(10)3-4-6(13(14)15)8(7)12-9/h3-4H,10H2,1-2H3. The molecule has 6 heteroatoms. The Bertz CT molecular complexity index is 562. The van der Waals surface area contributed by atoms with Crippen molar-refractivity contribution in [3.8, 4) is 0 Å². The van der Waals surface area contributed by atoms with Crippen molar-refractivity contribution in [3.05, 3.63) is 33.0 Å². The molecule has 0 bridgehead atoms. The van der Waals surface area contributed by atoms with Gasteiger partial charge < -0.3 is 5.73 Å². The van der Waals surface area contributed by atoms with Crippen molar-refractivity contribution in [1.29, 1.82) is 0 Å². The van der Waals surface area contributed by atoms with Gasteiger partial charge in [-0.3, -0.25) is 15.1 Å². The number of non-ortho nitro benzene ring substituents is 1. The number of nitro benzene ring substituents is 1. The highest BCUT2D eigenvalue weighted by Crippen LogP contribution is 2.14. The van der Waals surface area contributed by atoms with Gasteiger partial charge in [0.1, 0.15) is 11.0 Å². The number of anilines is 1. The molecular weight excluding hydrogens is 196 g/mol. The Hall–Kier alpha value is -1.98. The van der Waals surface area contributed by atoms with E-state index < -0.39 is 10.6 Å². The molecular formula is C9H10N4O2. The molecule has 1 aliphatic rings. The van der Waals surface area contributed by atoms with Crippen LogP contribution >= 0.6 is 0 Å². The number of nitro groups is 1. The molecule has 0 saturated heterocycles. The molecule has 0 unspecified atom stereocenters. The van der Waals surface area contributed by atoms with Crippen LogP contribution in [0.4, 0.5) is 11.4 Å². The van der Waals surface area contributed by atoms with Crippen LogP contribution in [0.2, 0.25) is 0 Å². The van der Waals surface area contributed by atoms with Crippen LogP contribution < -0.4 is 16.4 Å². The van der Waals surface area contributed by atoms with E-state index in [1.54, 1.807) is 13.8 Å².